The number of aliphatic hydroxyl groups is 1. The topological polar surface area (TPSA) is 40.5 Å². The molecule has 1 atom stereocenters. The fourth-order valence-corrected chi connectivity index (χ4v) is 2.15. The van der Waals surface area contributed by atoms with Crippen LogP contribution in [0.2, 0.25) is 10.0 Å². The number of amides is 1. The molecule has 15 heavy (non-hydrogen) atoms. The summed E-state index contributed by atoms with van der Waals surface area (Å²) in [7, 11) is 0. The summed E-state index contributed by atoms with van der Waals surface area (Å²) < 4.78 is 0. The number of halogens is 2. The largest absolute Gasteiger partial charge is 0.391 e. The average Bonchev–Trinajstić information content (AvgIpc) is 2.43. The average molecular weight is 246 g/mol. The first-order valence-corrected chi connectivity index (χ1v) is 5.26. The highest BCUT2D eigenvalue weighted by molar-refractivity contribution is 6.35. The summed E-state index contributed by atoms with van der Waals surface area (Å²) in [5.41, 5.74) is 0.633. The third-order valence-electron chi connectivity index (χ3n) is 2.26. The molecule has 2 rings (SSSR count). The van der Waals surface area contributed by atoms with Gasteiger partial charge in [0.05, 0.1) is 19.1 Å². The summed E-state index contributed by atoms with van der Waals surface area (Å²) >= 11 is 11.7. The van der Waals surface area contributed by atoms with Crippen molar-refractivity contribution in [1.29, 1.82) is 0 Å². The summed E-state index contributed by atoms with van der Waals surface area (Å²) in [4.78, 5) is 13.0. The Morgan fingerprint density at radius 1 is 1.27 bits per heavy atom. The van der Waals surface area contributed by atoms with Gasteiger partial charge >= 0.3 is 0 Å². The Hall–Kier alpha value is -0.770. The van der Waals surface area contributed by atoms with E-state index in [1.807, 2.05) is 0 Å². The van der Waals surface area contributed by atoms with Gasteiger partial charge < -0.3 is 10.0 Å². The van der Waals surface area contributed by atoms with Gasteiger partial charge in [-0.1, -0.05) is 23.2 Å². The van der Waals surface area contributed by atoms with E-state index < -0.39 is 6.10 Å². The molecule has 0 aliphatic carbocycles. The highest BCUT2D eigenvalue weighted by Gasteiger charge is 2.29. The van der Waals surface area contributed by atoms with Gasteiger partial charge in [-0.25, -0.2) is 0 Å². The Kier molecular flexibility index (Phi) is 2.87. The molecule has 1 heterocycles. The van der Waals surface area contributed by atoms with E-state index in [0.717, 1.165) is 0 Å². The van der Waals surface area contributed by atoms with E-state index in [0.29, 0.717) is 22.3 Å². The number of hydrogen-bond acceptors (Lipinski definition) is 2. The first-order chi connectivity index (χ1) is 7.06. The highest BCUT2D eigenvalue weighted by atomic mass is 35.5. The fourth-order valence-electron chi connectivity index (χ4n) is 1.63. The fraction of sp³-hybridized carbons (Fsp3) is 0.300. The van der Waals surface area contributed by atoms with Gasteiger partial charge in [0.25, 0.3) is 0 Å². The van der Waals surface area contributed by atoms with Crippen LogP contribution in [-0.4, -0.2) is 23.7 Å². The van der Waals surface area contributed by atoms with Crippen molar-refractivity contribution < 1.29 is 9.90 Å². The maximum absolute atomic E-state index is 11.5. The Morgan fingerprint density at radius 3 is 2.33 bits per heavy atom. The molecule has 0 spiro atoms. The molecule has 0 radical (unpaired) electrons. The lowest BCUT2D eigenvalue weighted by Gasteiger charge is -2.16. The van der Waals surface area contributed by atoms with Crippen LogP contribution in [0.3, 0.4) is 0 Å². The molecule has 1 amide bonds. The molecule has 1 aliphatic rings. The number of benzene rings is 1. The molecular formula is C10H9Cl2NO2. The lowest BCUT2D eigenvalue weighted by atomic mass is 10.3. The lowest BCUT2D eigenvalue weighted by Crippen LogP contribution is -2.25. The molecule has 1 aromatic carbocycles. The number of hydrogen-bond donors (Lipinski definition) is 1. The molecule has 1 aliphatic heterocycles. The Labute approximate surface area is 97.2 Å². The van der Waals surface area contributed by atoms with E-state index >= 15 is 0 Å². The number of anilines is 1. The van der Waals surface area contributed by atoms with Crippen molar-refractivity contribution in [2.45, 2.75) is 12.5 Å². The van der Waals surface area contributed by atoms with Gasteiger partial charge in [0.1, 0.15) is 0 Å². The van der Waals surface area contributed by atoms with Crippen LogP contribution in [0.5, 0.6) is 0 Å². The zero-order chi connectivity index (χ0) is 11.0. The molecule has 1 fully saturated rings. The second kappa shape index (κ2) is 4.00. The molecule has 3 nitrogen and oxygen atoms in total. The highest BCUT2D eigenvalue weighted by Crippen LogP contribution is 2.28. The van der Waals surface area contributed by atoms with Crippen molar-refractivity contribution in [2.75, 3.05) is 11.4 Å². The number of aliphatic hydroxyl groups excluding tert-OH is 1. The Bertz CT molecular complexity index is 388. The zero-order valence-corrected chi connectivity index (χ0v) is 9.29. The van der Waals surface area contributed by atoms with E-state index in [1.165, 1.54) is 4.90 Å². The van der Waals surface area contributed by atoms with Crippen LogP contribution in [0.15, 0.2) is 18.2 Å². The maximum atomic E-state index is 11.5. The Balaban J connectivity index is 2.33. The predicted molar refractivity (Wildman–Crippen MR) is 59.4 cm³/mol. The second-order valence-electron chi connectivity index (χ2n) is 3.49. The molecular weight excluding hydrogens is 237 g/mol. The summed E-state index contributed by atoms with van der Waals surface area (Å²) in [6, 6.07) is 4.91. The van der Waals surface area contributed by atoms with Crippen molar-refractivity contribution in [2.24, 2.45) is 0 Å². The van der Waals surface area contributed by atoms with Gasteiger partial charge in [-0.3, -0.25) is 4.79 Å². The minimum Gasteiger partial charge on any atom is -0.391 e. The SMILES string of the molecule is O=C1CC(O)CN1c1cc(Cl)cc(Cl)c1. The molecule has 0 bridgehead atoms. The second-order valence-corrected chi connectivity index (χ2v) is 4.36. The summed E-state index contributed by atoms with van der Waals surface area (Å²) in [5, 5.41) is 10.3. The first-order valence-electron chi connectivity index (χ1n) is 4.51. The molecule has 1 saturated heterocycles. The zero-order valence-electron chi connectivity index (χ0n) is 7.78. The maximum Gasteiger partial charge on any atom is 0.229 e. The molecule has 5 heteroatoms. The minimum absolute atomic E-state index is 0.110. The summed E-state index contributed by atoms with van der Waals surface area (Å²) in [5.74, 6) is -0.110. The van der Waals surface area contributed by atoms with E-state index in [-0.39, 0.29) is 12.3 Å². The van der Waals surface area contributed by atoms with Gasteiger partial charge in [-0.05, 0) is 18.2 Å². The van der Waals surface area contributed by atoms with Crippen LogP contribution in [0.1, 0.15) is 6.42 Å². The van der Waals surface area contributed by atoms with Gasteiger partial charge in [-0.2, -0.15) is 0 Å². The monoisotopic (exact) mass is 245 g/mol. The van der Waals surface area contributed by atoms with Crippen LogP contribution < -0.4 is 4.90 Å². The molecule has 1 unspecified atom stereocenters. The lowest BCUT2D eigenvalue weighted by molar-refractivity contribution is -0.117. The summed E-state index contributed by atoms with van der Waals surface area (Å²) in [6.45, 7) is 0.301. The normalized spacial score (nSPS) is 21.1. The van der Waals surface area contributed by atoms with Crippen molar-refractivity contribution in [3.05, 3.63) is 28.2 Å². The number of carbonyl (C=O) groups is 1. The van der Waals surface area contributed by atoms with Crippen LogP contribution >= 0.6 is 23.2 Å². The number of carbonyl (C=O) groups excluding carboxylic acids is 1. The van der Waals surface area contributed by atoms with Crippen LogP contribution in [0, 0.1) is 0 Å². The molecule has 80 valence electrons. The van der Waals surface area contributed by atoms with Crippen LogP contribution in [0.4, 0.5) is 5.69 Å². The van der Waals surface area contributed by atoms with Gasteiger partial charge in [-0.15, -0.1) is 0 Å². The van der Waals surface area contributed by atoms with E-state index in [1.54, 1.807) is 18.2 Å². The van der Waals surface area contributed by atoms with Gasteiger partial charge in [0.2, 0.25) is 5.91 Å². The van der Waals surface area contributed by atoms with E-state index in [4.69, 9.17) is 23.2 Å². The minimum atomic E-state index is -0.602. The van der Waals surface area contributed by atoms with Gasteiger partial charge in [0.15, 0.2) is 0 Å². The standard InChI is InChI=1S/C10H9Cl2NO2/c11-6-1-7(12)3-8(2-6)13-5-9(14)4-10(13)15/h1-3,9,14H,4-5H2. The summed E-state index contributed by atoms with van der Waals surface area (Å²) in [6.07, 6.45) is -0.445. The number of rotatable bonds is 1. The van der Waals surface area contributed by atoms with Crippen molar-refractivity contribution in [3.63, 3.8) is 0 Å². The molecule has 0 saturated carbocycles. The van der Waals surface area contributed by atoms with Crippen molar-refractivity contribution in [1.82, 2.24) is 0 Å². The van der Waals surface area contributed by atoms with E-state index in [9.17, 15) is 9.90 Å². The molecule has 1 N–H and O–H groups in total. The Morgan fingerprint density at radius 2 is 1.87 bits per heavy atom. The molecule has 0 aromatic heterocycles. The first kappa shape index (κ1) is 10.7. The number of nitrogens with zero attached hydrogens (tertiary/aromatic N) is 1. The van der Waals surface area contributed by atoms with Crippen LogP contribution in [-0.2, 0) is 4.79 Å². The van der Waals surface area contributed by atoms with E-state index in [2.05, 4.69) is 0 Å². The quantitative estimate of drug-likeness (QED) is 0.824. The smallest absolute Gasteiger partial charge is 0.229 e. The predicted octanol–water partition coefficient (Wildman–Crippen LogP) is 2.09. The third kappa shape index (κ3) is 2.25. The van der Waals surface area contributed by atoms with Crippen LogP contribution in [0.25, 0.3) is 0 Å². The third-order valence-corrected chi connectivity index (χ3v) is 2.70. The van der Waals surface area contributed by atoms with Gasteiger partial charge in [0, 0.05) is 15.7 Å². The number of β-amino-alcohol motifs (C(OH)–C–C–N with tert-alkyl or cyclic N) is 1. The van der Waals surface area contributed by atoms with Crippen molar-refractivity contribution >= 4 is 34.8 Å². The van der Waals surface area contributed by atoms with Crippen molar-refractivity contribution in [3.8, 4) is 0 Å². The molecule has 1 aromatic rings.